The Morgan fingerprint density at radius 3 is 1.40 bits per heavy atom. The second-order valence-electron chi connectivity index (χ2n) is 11.5. The SMILES string of the molecule is CCCCCCCCCCCCCCCC=CCCCCCCCOP(=O)(O)C(CC)[N+](C)(C)C. The fraction of sp³-hybridized carbons (Fsp3) is 0.933. The molecule has 5 heteroatoms. The van der Waals surface area contributed by atoms with Gasteiger partial charge in [0.2, 0.25) is 0 Å². The van der Waals surface area contributed by atoms with Crippen LogP contribution in [-0.2, 0) is 9.09 Å². The highest BCUT2D eigenvalue weighted by molar-refractivity contribution is 7.53. The van der Waals surface area contributed by atoms with Gasteiger partial charge in [-0.2, -0.15) is 0 Å². The standard InChI is InChI=1S/C30H62NO3P/c1-6-8-9-10-11-12-13-14-15-16-17-18-19-20-21-22-23-24-25-26-27-28-29-34-35(32,33)30(7-2)31(3,4)5/h21-22,30H,6-20,23-29H2,1-5H3/p+1. The van der Waals surface area contributed by atoms with Crippen LogP contribution >= 0.6 is 7.60 Å². The fourth-order valence-electron chi connectivity index (χ4n) is 4.91. The van der Waals surface area contributed by atoms with Gasteiger partial charge < -0.3 is 13.9 Å². The third-order valence-corrected chi connectivity index (χ3v) is 9.43. The first-order chi connectivity index (χ1) is 16.8. The Hall–Kier alpha value is -0.150. The first-order valence-corrected chi connectivity index (χ1v) is 16.8. The van der Waals surface area contributed by atoms with Crippen LogP contribution < -0.4 is 0 Å². The summed E-state index contributed by atoms with van der Waals surface area (Å²) in [6, 6.07) is 0. The van der Waals surface area contributed by atoms with Crippen molar-refractivity contribution in [2.24, 2.45) is 0 Å². The lowest BCUT2D eigenvalue weighted by atomic mass is 10.0. The summed E-state index contributed by atoms with van der Waals surface area (Å²) >= 11 is 0. The van der Waals surface area contributed by atoms with Crippen LogP contribution in [0.4, 0.5) is 0 Å². The van der Waals surface area contributed by atoms with Crippen LogP contribution in [0.5, 0.6) is 0 Å². The molecular weight excluding hydrogens is 453 g/mol. The molecule has 210 valence electrons. The lowest BCUT2D eigenvalue weighted by Crippen LogP contribution is -2.44. The van der Waals surface area contributed by atoms with E-state index in [2.05, 4.69) is 19.1 Å². The number of hydrogen-bond donors (Lipinski definition) is 1. The highest BCUT2D eigenvalue weighted by atomic mass is 31.2. The Morgan fingerprint density at radius 2 is 1.03 bits per heavy atom. The average molecular weight is 517 g/mol. The Balaban J connectivity index is 3.41. The van der Waals surface area contributed by atoms with Crippen molar-refractivity contribution < 1.29 is 18.5 Å². The maximum atomic E-state index is 12.5. The van der Waals surface area contributed by atoms with Crippen LogP contribution in [0.15, 0.2) is 12.2 Å². The van der Waals surface area contributed by atoms with Crippen molar-refractivity contribution in [2.45, 2.75) is 154 Å². The quantitative estimate of drug-likeness (QED) is 0.0538. The molecule has 0 spiro atoms. The van der Waals surface area contributed by atoms with Gasteiger partial charge in [-0.1, -0.05) is 122 Å². The maximum Gasteiger partial charge on any atom is 0.385 e. The third kappa shape index (κ3) is 21.6. The van der Waals surface area contributed by atoms with Crippen LogP contribution in [0.2, 0.25) is 0 Å². The van der Waals surface area contributed by atoms with E-state index in [1.54, 1.807) is 0 Å². The van der Waals surface area contributed by atoms with Gasteiger partial charge in [-0.05, 0) is 32.1 Å². The van der Waals surface area contributed by atoms with Crippen LogP contribution in [-0.4, -0.2) is 42.9 Å². The van der Waals surface area contributed by atoms with E-state index in [1.807, 2.05) is 28.1 Å². The molecule has 0 aromatic carbocycles. The topological polar surface area (TPSA) is 46.5 Å². The number of nitrogens with zero attached hydrogens (tertiary/aromatic N) is 1. The first kappa shape index (κ1) is 34.9. The van der Waals surface area contributed by atoms with Crippen molar-refractivity contribution in [3.8, 4) is 0 Å². The molecule has 0 aromatic rings. The van der Waals surface area contributed by atoms with Gasteiger partial charge in [0.25, 0.3) is 0 Å². The minimum Gasteiger partial charge on any atom is -0.320 e. The highest BCUT2D eigenvalue weighted by Gasteiger charge is 2.41. The molecule has 0 aromatic heterocycles. The van der Waals surface area contributed by atoms with E-state index in [0.717, 1.165) is 12.8 Å². The number of quaternary nitrogens is 1. The molecule has 0 aliphatic rings. The van der Waals surface area contributed by atoms with Crippen molar-refractivity contribution in [1.82, 2.24) is 0 Å². The van der Waals surface area contributed by atoms with E-state index in [-0.39, 0.29) is 5.78 Å². The monoisotopic (exact) mass is 516 g/mol. The summed E-state index contributed by atoms with van der Waals surface area (Å²) in [4.78, 5) is 10.3. The lowest BCUT2D eigenvalue weighted by molar-refractivity contribution is -0.883. The predicted molar refractivity (Wildman–Crippen MR) is 155 cm³/mol. The molecule has 0 saturated heterocycles. The molecule has 0 fully saturated rings. The molecule has 0 bridgehead atoms. The zero-order valence-corrected chi connectivity index (χ0v) is 25.3. The summed E-state index contributed by atoms with van der Waals surface area (Å²) in [5.74, 6) is -0.353. The maximum absolute atomic E-state index is 12.5. The van der Waals surface area contributed by atoms with Crippen LogP contribution in [0, 0.1) is 0 Å². The lowest BCUT2D eigenvalue weighted by Gasteiger charge is -2.35. The van der Waals surface area contributed by atoms with E-state index in [9.17, 15) is 9.46 Å². The number of allylic oxidation sites excluding steroid dienone is 2. The minimum absolute atomic E-state index is 0.353. The van der Waals surface area contributed by atoms with E-state index in [4.69, 9.17) is 4.52 Å². The van der Waals surface area contributed by atoms with E-state index in [0.29, 0.717) is 17.5 Å². The highest BCUT2D eigenvalue weighted by Crippen LogP contribution is 2.51. The molecule has 35 heavy (non-hydrogen) atoms. The molecule has 0 rings (SSSR count). The molecule has 1 N–H and O–H groups in total. The van der Waals surface area contributed by atoms with Crippen molar-refractivity contribution in [3.05, 3.63) is 12.2 Å². The minimum atomic E-state index is -3.56. The van der Waals surface area contributed by atoms with Gasteiger partial charge >= 0.3 is 7.60 Å². The van der Waals surface area contributed by atoms with Crippen molar-refractivity contribution in [3.63, 3.8) is 0 Å². The van der Waals surface area contributed by atoms with Gasteiger partial charge in [0.1, 0.15) is 0 Å². The molecule has 2 unspecified atom stereocenters. The molecule has 0 aliphatic heterocycles. The first-order valence-electron chi connectivity index (χ1n) is 15.2. The van der Waals surface area contributed by atoms with Gasteiger partial charge in [-0.25, -0.2) is 0 Å². The normalized spacial score (nSPS) is 15.0. The number of unbranched alkanes of at least 4 members (excludes halogenated alkanes) is 18. The van der Waals surface area contributed by atoms with Crippen molar-refractivity contribution in [1.29, 1.82) is 0 Å². The van der Waals surface area contributed by atoms with E-state index < -0.39 is 7.60 Å². The molecule has 4 nitrogen and oxygen atoms in total. The van der Waals surface area contributed by atoms with Crippen LogP contribution in [0.1, 0.15) is 149 Å². The Kier molecular flexibility index (Phi) is 22.9. The van der Waals surface area contributed by atoms with E-state index >= 15 is 0 Å². The Morgan fingerprint density at radius 1 is 0.657 bits per heavy atom. The summed E-state index contributed by atoms with van der Waals surface area (Å²) in [7, 11) is 2.30. The van der Waals surface area contributed by atoms with Gasteiger partial charge in [0.15, 0.2) is 5.78 Å². The average Bonchev–Trinajstić information content (AvgIpc) is 2.78. The number of rotatable bonds is 26. The molecule has 0 radical (unpaired) electrons. The second-order valence-corrected chi connectivity index (χ2v) is 13.4. The summed E-state index contributed by atoms with van der Waals surface area (Å²) in [6.07, 6.45) is 31.9. The van der Waals surface area contributed by atoms with Gasteiger partial charge in [0, 0.05) is 6.42 Å². The number of hydrogen-bond acceptors (Lipinski definition) is 2. The largest absolute Gasteiger partial charge is 0.385 e. The van der Waals surface area contributed by atoms with Crippen molar-refractivity contribution >= 4 is 7.60 Å². The van der Waals surface area contributed by atoms with Crippen LogP contribution in [0.25, 0.3) is 0 Å². The smallest absolute Gasteiger partial charge is 0.320 e. The second kappa shape index (κ2) is 23.0. The summed E-state index contributed by atoms with van der Waals surface area (Å²) < 4.78 is 18.4. The zero-order chi connectivity index (χ0) is 26.3. The fourth-order valence-corrected chi connectivity index (χ4v) is 6.81. The Bertz CT molecular complexity index is 530. The van der Waals surface area contributed by atoms with Crippen molar-refractivity contribution in [2.75, 3.05) is 27.7 Å². The molecule has 2 atom stereocenters. The predicted octanol–water partition coefficient (Wildman–Crippen LogP) is 10.0. The zero-order valence-electron chi connectivity index (χ0n) is 24.4. The molecule has 0 amide bonds. The van der Waals surface area contributed by atoms with Gasteiger partial charge in [-0.15, -0.1) is 0 Å². The molecule has 0 heterocycles. The molecular formula is C30H63NO3P+. The summed E-state index contributed by atoms with van der Waals surface area (Å²) in [5.41, 5.74) is 0. The summed E-state index contributed by atoms with van der Waals surface area (Å²) in [5, 5.41) is 0. The molecule has 0 aliphatic carbocycles. The Labute approximate surface area is 220 Å². The van der Waals surface area contributed by atoms with E-state index in [1.165, 1.54) is 116 Å². The third-order valence-electron chi connectivity index (χ3n) is 7.07. The van der Waals surface area contributed by atoms with Gasteiger partial charge in [-0.3, -0.25) is 4.57 Å². The van der Waals surface area contributed by atoms with Gasteiger partial charge in [0.05, 0.1) is 27.7 Å². The summed E-state index contributed by atoms with van der Waals surface area (Å²) in [6.45, 7) is 4.63. The van der Waals surface area contributed by atoms with Crippen LogP contribution in [0.3, 0.4) is 0 Å². The molecule has 0 saturated carbocycles.